The maximum Gasteiger partial charge on any atom is 0.154 e. The van der Waals surface area contributed by atoms with E-state index >= 15 is 0 Å². The smallest absolute Gasteiger partial charge is 0.154 e. The van der Waals surface area contributed by atoms with Gasteiger partial charge in [0, 0.05) is 6.54 Å². The molecule has 0 atom stereocenters. The number of rotatable bonds is 6. The van der Waals surface area contributed by atoms with Crippen LogP contribution in [0.15, 0.2) is 12.1 Å². The van der Waals surface area contributed by atoms with E-state index in [0.717, 1.165) is 22.4 Å². The highest BCUT2D eigenvalue weighted by molar-refractivity contribution is 7.91. The first kappa shape index (κ1) is 15.0. The molecule has 5 heteroatoms. The Bertz CT molecular complexity index is 509. The van der Waals surface area contributed by atoms with Gasteiger partial charge in [-0.1, -0.05) is 12.1 Å². The minimum absolute atomic E-state index is 0.0109. The summed E-state index contributed by atoms with van der Waals surface area (Å²) in [5, 5.41) is 0. The summed E-state index contributed by atoms with van der Waals surface area (Å²) in [6.07, 6.45) is 0. The zero-order valence-electron chi connectivity index (χ0n) is 11.2. The zero-order chi connectivity index (χ0) is 13.8. The monoisotopic (exact) mass is 271 g/mol. The lowest BCUT2D eigenvalue weighted by Crippen LogP contribution is -2.22. The predicted octanol–water partition coefficient (Wildman–Crippen LogP) is 1.36. The molecule has 0 amide bonds. The number of hydrogen-bond acceptors (Lipinski definition) is 4. The van der Waals surface area contributed by atoms with Gasteiger partial charge in [0.2, 0.25) is 0 Å². The Morgan fingerprint density at radius 3 is 2.33 bits per heavy atom. The van der Waals surface area contributed by atoms with E-state index in [4.69, 9.17) is 10.5 Å². The number of sulfone groups is 1. The summed E-state index contributed by atoms with van der Waals surface area (Å²) >= 11 is 0. The Labute approximate surface area is 109 Å². The fourth-order valence-corrected chi connectivity index (χ4v) is 2.60. The van der Waals surface area contributed by atoms with Crippen LogP contribution in [-0.2, 0) is 9.84 Å². The molecule has 2 N–H and O–H groups in total. The summed E-state index contributed by atoms with van der Waals surface area (Å²) in [6.45, 7) is 6.27. The topological polar surface area (TPSA) is 69.4 Å². The van der Waals surface area contributed by atoms with E-state index in [9.17, 15) is 8.42 Å². The van der Waals surface area contributed by atoms with E-state index in [2.05, 4.69) is 0 Å². The van der Waals surface area contributed by atoms with Crippen LogP contribution < -0.4 is 10.5 Å². The number of aryl methyl sites for hydroxylation is 2. The molecule has 0 heterocycles. The second kappa shape index (κ2) is 6.20. The van der Waals surface area contributed by atoms with Gasteiger partial charge in [-0.05, 0) is 37.5 Å². The summed E-state index contributed by atoms with van der Waals surface area (Å²) in [6, 6.07) is 4.01. The molecular weight excluding hydrogens is 250 g/mol. The van der Waals surface area contributed by atoms with Gasteiger partial charge >= 0.3 is 0 Å². The van der Waals surface area contributed by atoms with Crippen LogP contribution in [0.25, 0.3) is 0 Å². The quantitative estimate of drug-likeness (QED) is 0.848. The number of nitrogens with two attached hydrogens (primary N) is 1. The Balaban J connectivity index is 2.68. The highest BCUT2D eigenvalue weighted by Gasteiger charge is 2.11. The van der Waals surface area contributed by atoms with Gasteiger partial charge in [0.05, 0.1) is 11.5 Å². The summed E-state index contributed by atoms with van der Waals surface area (Å²) < 4.78 is 28.6. The molecule has 18 heavy (non-hydrogen) atoms. The maximum atomic E-state index is 11.5. The standard InChI is InChI=1S/C13H21NO3S/c1-10-4-5-11(2)13(12(10)3)17-7-9-18(15,16)8-6-14/h4-5H,6-9,14H2,1-3H3. The van der Waals surface area contributed by atoms with Crippen molar-refractivity contribution in [3.8, 4) is 5.75 Å². The molecule has 0 saturated carbocycles. The molecular formula is C13H21NO3S. The third-order valence-corrected chi connectivity index (χ3v) is 4.59. The minimum atomic E-state index is -3.09. The zero-order valence-corrected chi connectivity index (χ0v) is 12.0. The van der Waals surface area contributed by atoms with Crippen molar-refractivity contribution in [1.29, 1.82) is 0 Å². The van der Waals surface area contributed by atoms with Gasteiger partial charge in [-0.3, -0.25) is 0 Å². The van der Waals surface area contributed by atoms with E-state index in [1.807, 2.05) is 32.9 Å². The number of benzene rings is 1. The molecule has 0 aliphatic rings. The molecule has 0 spiro atoms. The van der Waals surface area contributed by atoms with Crippen LogP contribution in [0, 0.1) is 20.8 Å². The van der Waals surface area contributed by atoms with Crippen LogP contribution in [0.4, 0.5) is 0 Å². The Morgan fingerprint density at radius 1 is 1.11 bits per heavy atom. The van der Waals surface area contributed by atoms with Gasteiger partial charge in [0.25, 0.3) is 0 Å². The van der Waals surface area contributed by atoms with Crippen molar-refractivity contribution in [2.75, 3.05) is 24.7 Å². The summed E-state index contributed by atoms with van der Waals surface area (Å²) in [5.41, 5.74) is 8.47. The van der Waals surface area contributed by atoms with Crippen molar-refractivity contribution in [3.63, 3.8) is 0 Å². The lowest BCUT2D eigenvalue weighted by molar-refractivity contribution is 0.336. The molecule has 1 aromatic rings. The Hall–Kier alpha value is -1.07. The van der Waals surface area contributed by atoms with Crippen LogP contribution in [0.2, 0.25) is 0 Å². The average molecular weight is 271 g/mol. The molecule has 102 valence electrons. The third-order valence-electron chi connectivity index (χ3n) is 2.94. The second-order valence-corrected chi connectivity index (χ2v) is 6.75. The Kier molecular flexibility index (Phi) is 5.16. The van der Waals surface area contributed by atoms with Crippen molar-refractivity contribution >= 4 is 9.84 Å². The van der Waals surface area contributed by atoms with Gasteiger partial charge in [0.1, 0.15) is 12.4 Å². The highest BCUT2D eigenvalue weighted by atomic mass is 32.2. The molecule has 4 nitrogen and oxygen atoms in total. The molecule has 1 rings (SSSR count). The van der Waals surface area contributed by atoms with Gasteiger partial charge in [-0.15, -0.1) is 0 Å². The van der Waals surface area contributed by atoms with Crippen LogP contribution >= 0.6 is 0 Å². The van der Waals surface area contributed by atoms with Crippen LogP contribution in [0.1, 0.15) is 16.7 Å². The average Bonchev–Trinajstić information content (AvgIpc) is 2.28. The molecule has 0 aliphatic heterocycles. The van der Waals surface area contributed by atoms with E-state index in [1.54, 1.807) is 0 Å². The van der Waals surface area contributed by atoms with Crippen molar-refractivity contribution in [1.82, 2.24) is 0 Å². The van der Waals surface area contributed by atoms with E-state index in [0.29, 0.717) is 0 Å². The maximum absolute atomic E-state index is 11.5. The van der Waals surface area contributed by atoms with Gasteiger partial charge in [0.15, 0.2) is 9.84 Å². The first-order valence-electron chi connectivity index (χ1n) is 5.97. The molecule has 0 radical (unpaired) electrons. The molecule has 0 aromatic heterocycles. The van der Waals surface area contributed by atoms with E-state index in [-0.39, 0.29) is 24.7 Å². The normalized spacial score (nSPS) is 11.6. The largest absolute Gasteiger partial charge is 0.492 e. The minimum Gasteiger partial charge on any atom is -0.492 e. The van der Waals surface area contributed by atoms with Crippen LogP contribution in [-0.4, -0.2) is 33.1 Å². The van der Waals surface area contributed by atoms with Gasteiger partial charge in [-0.25, -0.2) is 8.42 Å². The number of ether oxygens (including phenoxy) is 1. The molecule has 0 saturated heterocycles. The van der Waals surface area contributed by atoms with Crippen LogP contribution in [0.3, 0.4) is 0 Å². The predicted molar refractivity (Wildman–Crippen MR) is 73.9 cm³/mol. The lowest BCUT2D eigenvalue weighted by Gasteiger charge is -2.13. The first-order valence-corrected chi connectivity index (χ1v) is 7.79. The fourth-order valence-electron chi connectivity index (χ4n) is 1.70. The summed E-state index contributed by atoms with van der Waals surface area (Å²) in [5.74, 6) is 0.817. The second-order valence-electron chi connectivity index (χ2n) is 4.44. The first-order chi connectivity index (χ1) is 8.37. The molecule has 1 aromatic carbocycles. The molecule has 0 fully saturated rings. The molecule has 0 unspecified atom stereocenters. The number of hydrogen-bond donors (Lipinski definition) is 1. The van der Waals surface area contributed by atoms with Crippen molar-refractivity contribution in [2.24, 2.45) is 5.73 Å². The Morgan fingerprint density at radius 2 is 1.72 bits per heavy atom. The van der Waals surface area contributed by atoms with Crippen molar-refractivity contribution < 1.29 is 13.2 Å². The van der Waals surface area contributed by atoms with Gasteiger partial charge < -0.3 is 10.5 Å². The molecule has 0 aliphatic carbocycles. The summed E-state index contributed by atoms with van der Waals surface area (Å²) in [7, 11) is -3.09. The van der Waals surface area contributed by atoms with E-state index < -0.39 is 9.84 Å². The van der Waals surface area contributed by atoms with E-state index in [1.165, 1.54) is 0 Å². The highest BCUT2D eigenvalue weighted by Crippen LogP contribution is 2.25. The molecule has 0 bridgehead atoms. The fraction of sp³-hybridized carbons (Fsp3) is 0.538. The summed E-state index contributed by atoms with van der Waals surface area (Å²) in [4.78, 5) is 0. The lowest BCUT2D eigenvalue weighted by atomic mass is 10.1. The van der Waals surface area contributed by atoms with Crippen molar-refractivity contribution in [3.05, 3.63) is 28.8 Å². The van der Waals surface area contributed by atoms with Crippen LogP contribution in [0.5, 0.6) is 5.75 Å². The van der Waals surface area contributed by atoms with Gasteiger partial charge in [-0.2, -0.15) is 0 Å². The van der Waals surface area contributed by atoms with Crippen molar-refractivity contribution in [2.45, 2.75) is 20.8 Å². The SMILES string of the molecule is Cc1ccc(C)c(OCCS(=O)(=O)CCN)c1C. The third kappa shape index (κ3) is 3.99.